The van der Waals surface area contributed by atoms with E-state index in [-0.39, 0.29) is 18.1 Å². The van der Waals surface area contributed by atoms with Gasteiger partial charge in [-0.1, -0.05) is 6.92 Å². The van der Waals surface area contributed by atoms with Crippen molar-refractivity contribution in [2.45, 2.75) is 32.2 Å². The lowest BCUT2D eigenvalue weighted by atomic mass is 9.95. The summed E-state index contributed by atoms with van der Waals surface area (Å²) in [5.41, 5.74) is 5.33. The number of nitrogens with one attached hydrogen (secondary N) is 1. The topological polar surface area (TPSA) is 84.1 Å². The highest BCUT2D eigenvalue weighted by Gasteiger charge is 2.22. The van der Waals surface area contributed by atoms with Crippen molar-refractivity contribution in [3.63, 3.8) is 0 Å². The maximum absolute atomic E-state index is 9.03. The largest absolute Gasteiger partial charge is 0.396 e. The third-order valence-corrected chi connectivity index (χ3v) is 3.21. The van der Waals surface area contributed by atoms with Crippen LogP contribution in [0.1, 0.15) is 26.7 Å². The summed E-state index contributed by atoms with van der Waals surface area (Å²) in [6.07, 6.45) is 3.14. The number of aromatic nitrogens is 2. The van der Waals surface area contributed by atoms with Crippen LogP contribution in [0.15, 0.2) is 10.7 Å². The van der Waals surface area contributed by atoms with Crippen LogP contribution >= 0.6 is 15.9 Å². The van der Waals surface area contributed by atoms with E-state index in [1.165, 1.54) is 0 Å². The molecular formula is C10H17BrN4O. The van der Waals surface area contributed by atoms with Gasteiger partial charge in [-0.25, -0.2) is 4.98 Å². The molecule has 6 heteroatoms. The average Bonchev–Trinajstić information content (AvgIpc) is 2.24. The molecule has 0 spiro atoms. The Hall–Kier alpha value is -0.880. The predicted octanol–water partition coefficient (Wildman–Crippen LogP) is 1.78. The molecule has 0 amide bonds. The fraction of sp³-hybridized carbons (Fsp3) is 0.600. The minimum Gasteiger partial charge on any atom is -0.396 e. The van der Waals surface area contributed by atoms with Gasteiger partial charge in [-0.3, -0.25) is 0 Å². The lowest BCUT2D eigenvalue weighted by molar-refractivity contribution is 0.251. The number of rotatable bonds is 5. The van der Waals surface area contributed by atoms with Crippen LogP contribution < -0.4 is 11.1 Å². The van der Waals surface area contributed by atoms with Crippen molar-refractivity contribution in [2.75, 3.05) is 17.7 Å². The van der Waals surface area contributed by atoms with Crippen LogP contribution in [0.25, 0.3) is 0 Å². The van der Waals surface area contributed by atoms with Gasteiger partial charge in [-0.2, -0.15) is 4.98 Å². The Labute approximate surface area is 104 Å². The molecule has 1 rings (SSSR count). The number of hydrogen-bond acceptors (Lipinski definition) is 5. The number of nitrogens with two attached hydrogens (primary N) is 1. The predicted molar refractivity (Wildman–Crippen MR) is 68.2 cm³/mol. The van der Waals surface area contributed by atoms with Crippen LogP contribution in [-0.2, 0) is 0 Å². The molecular weight excluding hydrogens is 272 g/mol. The van der Waals surface area contributed by atoms with E-state index in [4.69, 9.17) is 10.8 Å². The highest BCUT2D eigenvalue weighted by molar-refractivity contribution is 9.10. The Balaban J connectivity index is 2.89. The van der Waals surface area contributed by atoms with Gasteiger partial charge >= 0.3 is 0 Å². The summed E-state index contributed by atoms with van der Waals surface area (Å²) in [4.78, 5) is 7.99. The van der Waals surface area contributed by atoms with Gasteiger partial charge in [-0.05, 0) is 35.7 Å². The van der Waals surface area contributed by atoms with Crippen LogP contribution in [0.2, 0.25) is 0 Å². The molecule has 4 N–H and O–H groups in total. The molecule has 16 heavy (non-hydrogen) atoms. The summed E-state index contributed by atoms with van der Waals surface area (Å²) in [5.74, 6) is 0.887. The standard InChI is InChI=1S/C10H17BrN4O/c1-3-10(2,4-5-16)15-8-7(11)6-13-9(12)14-8/h6,16H,3-5H2,1-2H3,(H3,12,13,14,15). The molecule has 0 fully saturated rings. The van der Waals surface area contributed by atoms with Gasteiger partial charge in [-0.15, -0.1) is 0 Å². The van der Waals surface area contributed by atoms with Gasteiger partial charge in [0.2, 0.25) is 5.95 Å². The Morgan fingerprint density at radius 1 is 1.62 bits per heavy atom. The average molecular weight is 289 g/mol. The molecule has 90 valence electrons. The summed E-state index contributed by atoms with van der Waals surface area (Å²) in [6.45, 7) is 4.23. The summed E-state index contributed by atoms with van der Waals surface area (Å²) in [7, 11) is 0. The number of anilines is 2. The zero-order chi connectivity index (χ0) is 12.2. The van der Waals surface area contributed by atoms with Crippen molar-refractivity contribution in [3.8, 4) is 0 Å². The van der Waals surface area contributed by atoms with Crippen molar-refractivity contribution >= 4 is 27.7 Å². The maximum Gasteiger partial charge on any atom is 0.221 e. The molecule has 5 nitrogen and oxygen atoms in total. The second-order valence-corrected chi connectivity index (χ2v) is 4.79. The fourth-order valence-corrected chi connectivity index (χ4v) is 1.62. The van der Waals surface area contributed by atoms with E-state index in [9.17, 15) is 0 Å². The smallest absolute Gasteiger partial charge is 0.221 e. The van der Waals surface area contributed by atoms with E-state index < -0.39 is 0 Å². The van der Waals surface area contributed by atoms with Crippen molar-refractivity contribution in [1.82, 2.24) is 9.97 Å². The maximum atomic E-state index is 9.03. The monoisotopic (exact) mass is 288 g/mol. The third-order valence-electron chi connectivity index (χ3n) is 2.63. The zero-order valence-electron chi connectivity index (χ0n) is 9.50. The molecule has 1 heterocycles. The Bertz CT molecular complexity index is 361. The number of hydrogen-bond donors (Lipinski definition) is 3. The molecule has 0 saturated heterocycles. The third kappa shape index (κ3) is 3.31. The molecule has 1 aromatic heterocycles. The first kappa shape index (κ1) is 13.2. The first-order valence-corrected chi connectivity index (χ1v) is 5.97. The zero-order valence-corrected chi connectivity index (χ0v) is 11.1. The van der Waals surface area contributed by atoms with E-state index in [2.05, 4.69) is 38.1 Å². The van der Waals surface area contributed by atoms with E-state index in [1.807, 2.05) is 6.92 Å². The molecule has 1 atom stereocenters. The van der Waals surface area contributed by atoms with Crippen molar-refractivity contribution in [1.29, 1.82) is 0 Å². The molecule has 0 radical (unpaired) electrons. The Kier molecular flexibility index (Phi) is 4.49. The van der Waals surface area contributed by atoms with Crippen LogP contribution in [0, 0.1) is 0 Å². The Morgan fingerprint density at radius 3 is 2.88 bits per heavy atom. The second kappa shape index (κ2) is 5.45. The number of aliphatic hydroxyl groups excluding tert-OH is 1. The molecule has 1 unspecified atom stereocenters. The van der Waals surface area contributed by atoms with Gasteiger partial charge in [0.15, 0.2) is 0 Å². The number of aliphatic hydroxyl groups is 1. The summed E-state index contributed by atoms with van der Waals surface area (Å²) in [6, 6.07) is 0. The van der Waals surface area contributed by atoms with Gasteiger partial charge in [0.25, 0.3) is 0 Å². The molecule has 0 aliphatic heterocycles. The lowest BCUT2D eigenvalue weighted by Gasteiger charge is -2.30. The van der Waals surface area contributed by atoms with Gasteiger partial charge < -0.3 is 16.2 Å². The fourth-order valence-electron chi connectivity index (χ4n) is 1.33. The van der Waals surface area contributed by atoms with Crippen molar-refractivity contribution in [3.05, 3.63) is 10.7 Å². The van der Waals surface area contributed by atoms with E-state index in [0.717, 1.165) is 10.9 Å². The molecule has 0 bridgehead atoms. The van der Waals surface area contributed by atoms with Crippen LogP contribution in [0.4, 0.5) is 11.8 Å². The van der Waals surface area contributed by atoms with Gasteiger partial charge in [0, 0.05) is 18.3 Å². The summed E-state index contributed by atoms with van der Waals surface area (Å²) >= 11 is 3.36. The normalized spacial score (nSPS) is 14.5. The minimum atomic E-state index is -0.196. The van der Waals surface area contributed by atoms with Crippen LogP contribution in [0.5, 0.6) is 0 Å². The highest BCUT2D eigenvalue weighted by Crippen LogP contribution is 2.26. The van der Waals surface area contributed by atoms with E-state index >= 15 is 0 Å². The number of nitrogens with zero attached hydrogens (tertiary/aromatic N) is 2. The first-order valence-electron chi connectivity index (χ1n) is 5.18. The Morgan fingerprint density at radius 2 is 2.31 bits per heavy atom. The first-order chi connectivity index (χ1) is 7.50. The minimum absolute atomic E-state index is 0.134. The lowest BCUT2D eigenvalue weighted by Crippen LogP contribution is -2.35. The highest BCUT2D eigenvalue weighted by atomic mass is 79.9. The van der Waals surface area contributed by atoms with Crippen LogP contribution in [0.3, 0.4) is 0 Å². The van der Waals surface area contributed by atoms with Gasteiger partial charge in [0.05, 0.1) is 4.47 Å². The van der Waals surface area contributed by atoms with Crippen molar-refractivity contribution in [2.24, 2.45) is 0 Å². The molecule has 0 saturated carbocycles. The molecule has 1 aromatic rings. The number of halogens is 1. The SMILES string of the molecule is CCC(C)(CCO)Nc1nc(N)ncc1Br. The van der Waals surface area contributed by atoms with Crippen LogP contribution in [-0.4, -0.2) is 27.2 Å². The summed E-state index contributed by atoms with van der Waals surface area (Å²) in [5, 5.41) is 12.3. The molecule has 0 aliphatic rings. The second-order valence-electron chi connectivity index (χ2n) is 3.94. The van der Waals surface area contributed by atoms with E-state index in [1.54, 1.807) is 6.20 Å². The molecule has 0 aliphatic carbocycles. The molecule has 0 aromatic carbocycles. The summed E-state index contributed by atoms with van der Waals surface area (Å²) < 4.78 is 0.763. The van der Waals surface area contributed by atoms with Crippen molar-refractivity contribution < 1.29 is 5.11 Å². The number of nitrogen functional groups attached to an aromatic ring is 1. The van der Waals surface area contributed by atoms with Gasteiger partial charge in [0.1, 0.15) is 5.82 Å². The van der Waals surface area contributed by atoms with E-state index in [0.29, 0.717) is 12.2 Å². The quantitative estimate of drug-likeness (QED) is 0.769.